The predicted octanol–water partition coefficient (Wildman–Crippen LogP) is 2.50. The molecule has 6 nitrogen and oxygen atoms in total. The Morgan fingerprint density at radius 2 is 1.96 bits per heavy atom. The monoisotopic (exact) mass is 355 g/mol. The van der Waals surface area contributed by atoms with Crippen LogP contribution < -0.4 is 15.4 Å². The van der Waals surface area contributed by atoms with Gasteiger partial charge in [-0.25, -0.2) is 0 Å². The van der Waals surface area contributed by atoms with E-state index in [1.807, 2.05) is 24.3 Å². The Morgan fingerprint density at radius 3 is 2.69 bits per heavy atom. The van der Waals surface area contributed by atoms with Crippen molar-refractivity contribution < 1.29 is 14.2 Å². The molecule has 2 aliphatic heterocycles. The maximum atomic E-state index is 6.02. The van der Waals surface area contributed by atoms with Gasteiger partial charge >= 0.3 is 0 Å². The molecule has 2 aromatic rings. The molecule has 0 bridgehead atoms. The number of ether oxygens (including phenoxy) is 3. The van der Waals surface area contributed by atoms with Gasteiger partial charge in [-0.2, -0.15) is 4.98 Å². The Hall–Kier alpha value is -2.31. The first-order valence-corrected chi connectivity index (χ1v) is 9.11. The highest BCUT2D eigenvalue weighted by Crippen LogP contribution is 2.31. The highest BCUT2D eigenvalue weighted by molar-refractivity contribution is 5.74. The van der Waals surface area contributed by atoms with E-state index in [1.54, 1.807) is 0 Å². The lowest BCUT2D eigenvalue weighted by atomic mass is 10.0. The number of nitrogens with two attached hydrogens (primary N) is 1. The van der Waals surface area contributed by atoms with Crippen molar-refractivity contribution in [2.24, 2.45) is 5.92 Å². The normalized spacial score (nSPS) is 17.8. The number of hydrogen-bond acceptors (Lipinski definition) is 6. The molecule has 2 saturated heterocycles. The Balaban J connectivity index is 1.67. The minimum absolute atomic E-state index is 0.460. The minimum atomic E-state index is 0.460. The molecule has 6 heteroatoms. The van der Waals surface area contributed by atoms with Gasteiger partial charge in [-0.05, 0) is 41.8 Å². The maximum Gasteiger partial charge on any atom is 0.215 e. The molecule has 0 atom stereocenters. The molecule has 26 heavy (non-hydrogen) atoms. The van der Waals surface area contributed by atoms with Crippen molar-refractivity contribution >= 4 is 11.5 Å². The zero-order valence-electron chi connectivity index (χ0n) is 15.1. The van der Waals surface area contributed by atoms with E-state index in [1.165, 1.54) is 5.56 Å². The van der Waals surface area contributed by atoms with Gasteiger partial charge in [0.1, 0.15) is 5.82 Å². The lowest BCUT2D eigenvalue weighted by molar-refractivity contribution is -0.0514. The van der Waals surface area contributed by atoms with Gasteiger partial charge in [-0.1, -0.05) is 6.07 Å². The lowest BCUT2D eigenvalue weighted by Crippen LogP contribution is -2.37. The molecule has 0 aliphatic carbocycles. The lowest BCUT2D eigenvalue weighted by Gasteiger charge is -2.29. The van der Waals surface area contributed by atoms with Crippen molar-refractivity contribution in [1.82, 2.24) is 4.98 Å². The van der Waals surface area contributed by atoms with E-state index in [9.17, 15) is 0 Å². The smallest absolute Gasteiger partial charge is 0.215 e. The quantitative estimate of drug-likeness (QED) is 0.831. The van der Waals surface area contributed by atoms with Gasteiger partial charge in [0.25, 0.3) is 0 Å². The first-order chi connectivity index (χ1) is 12.7. The number of benzene rings is 1. The molecule has 0 amide bonds. The van der Waals surface area contributed by atoms with Crippen LogP contribution in [0.2, 0.25) is 0 Å². The summed E-state index contributed by atoms with van der Waals surface area (Å²) in [6.45, 7) is 7.38. The number of rotatable bonds is 5. The van der Waals surface area contributed by atoms with E-state index < -0.39 is 0 Å². The molecule has 0 spiro atoms. The second kappa shape index (κ2) is 7.51. The van der Waals surface area contributed by atoms with Crippen LogP contribution >= 0.6 is 0 Å². The van der Waals surface area contributed by atoms with Crippen molar-refractivity contribution in [3.63, 3.8) is 0 Å². The number of aryl methyl sites for hydroxylation is 1. The van der Waals surface area contributed by atoms with E-state index in [-0.39, 0.29) is 0 Å². The van der Waals surface area contributed by atoms with Crippen LogP contribution in [0.5, 0.6) is 5.88 Å². The molecule has 2 aliphatic rings. The number of pyridine rings is 1. The number of nitrogen functional groups attached to an aromatic ring is 1. The third-order valence-corrected chi connectivity index (χ3v) is 4.87. The fourth-order valence-corrected chi connectivity index (χ4v) is 3.21. The summed E-state index contributed by atoms with van der Waals surface area (Å²) in [6.07, 6.45) is 0. The molecule has 2 fully saturated rings. The zero-order valence-corrected chi connectivity index (χ0v) is 15.1. The summed E-state index contributed by atoms with van der Waals surface area (Å²) in [5.74, 6) is 2.03. The average Bonchev–Trinajstić information content (AvgIpc) is 2.63. The van der Waals surface area contributed by atoms with E-state index in [0.717, 1.165) is 62.1 Å². The molecule has 3 heterocycles. The second-order valence-corrected chi connectivity index (χ2v) is 6.94. The van der Waals surface area contributed by atoms with E-state index in [4.69, 9.17) is 24.9 Å². The molecule has 0 radical (unpaired) electrons. The highest BCUT2D eigenvalue weighted by Gasteiger charge is 2.20. The summed E-state index contributed by atoms with van der Waals surface area (Å²) >= 11 is 0. The van der Waals surface area contributed by atoms with Crippen LogP contribution in [0.25, 0.3) is 11.1 Å². The van der Waals surface area contributed by atoms with Gasteiger partial charge in [-0.15, -0.1) is 0 Å². The highest BCUT2D eigenvalue weighted by atomic mass is 16.5. The van der Waals surface area contributed by atoms with Crippen LogP contribution in [-0.4, -0.2) is 51.1 Å². The number of anilines is 2. The van der Waals surface area contributed by atoms with Gasteiger partial charge < -0.3 is 24.8 Å². The van der Waals surface area contributed by atoms with Gasteiger partial charge in [-0.3, -0.25) is 0 Å². The Kier molecular flexibility index (Phi) is 4.95. The Labute approximate surface area is 153 Å². The van der Waals surface area contributed by atoms with Crippen LogP contribution in [0.1, 0.15) is 5.56 Å². The first kappa shape index (κ1) is 17.1. The van der Waals surface area contributed by atoms with Gasteiger partial charge in [0.15, 0.2) is 0 Å². The van der Waals surface area contributed by atoms with Gasteiger partial charge in [0.05, 0.1) is 33.0 Å². The minimum Gasteiger partial charge on any atom is -0.477 e. The van der Waals surface area contributed by atoms with Crippen molar-refractivity contribution in [2.75, 3.05) is 56.8 Å². The summed E-state index contributed by atoms with van der Waals surface area (Å²) in [4.78, 5) is 6.99. The third-order valence-electron chi connectivity index (χ3n) is 4.87. The van der Waals surface area contributed by atoms with Gasteiger partial charge in [0, 0.05) is 30.8 Å². The molecule has 0 unspecified atom stereocenters. The topological polar surface area (TPSA) is 69.8 Å². The van der Waals surface area contributed by atoms with Crippen LogP contribution in [0, 0.1) is 12.8 Å². The zero-order chi connectivity index (χ0) is 17.9. The van der Waals surface area contributed by atoms with Crippen LogP contribution in [0.4, 0.5) is 11.5 Å². The largest absolute Gasteiger partial charge is 0.477 e. The fraction of sp³-hybridized carbons (Fsp3) is 0.450. The Morgan fingerprint density at radius 1 is 1.15 bits per heavy atom. The van der Waals surface area contributed by atoms with Crippen LogP contribution in [0.3, 0.4) is 0 Å². The molecular formula is C20H25N3O3. The number of aromatic nitrogens is 1. The third kappa shape index (κ3) is 3.76. The summed E-state index contributed by atoms with van der Waals surface area (Å²) in [5, 5.41) is 0. The van der Waals surface area contributed by atoms with Crippen LogP contribution in [0.15, 0.2) is 30.3 Å². The summed E-state index contributed by atoms with van der Waals surface area (Å²) in [7, 11) is 0. The fourth-order valence-electron chi connectivity index (χ4n) is 3.21. The van der Waals surface area contributed by atoms with Crippen molar-refractivity contribution in [3.05, 3.63) is 35.9 Å². The maximum absolute atomic E-state index is 6.02. The predicted molar refractivity (Wildman–Crippen MR) is 102 cm³/mol. The summed E-state index contributed by atoms with van der Waals surface area (Å²) in [6, 6.07) is 10.1. The molecule has 0 saturated carbocycles. The van der Waals surface area contributed by atoms with E-state index >= 15 is 0 Å². The number of hydrogen-bond donors (Lipinski definition) is 1. The Bertz CT molecular complexity index is 771. The molecule has 2 N–H and O–H groups in total. The summed E-state index contributed by atoms with van der Waals surface area (Å²) < 4.78 is 16.7. The van der Waals surface area contributed by atoms with Crippen molar-refractivity contribution in [3.8, 4) is 17.0 Å². The van der Waals surface area contributed by atoms with Crippen molar-refractivity contribution in [1.29, 1.82) is 0 Å². The molecule has 1 aromatic carbocycles. The molecule has 138 valence electrons. The second-order valence-electron chi connectivity index (χ2n) is 6.94. The molecule has 1 aromatic heterocycles. The van der Waals surface area contributed by atoms with Crippen molar-refractivity contribution in [2.45, 2.75) is 6.92 Å². The van der Waals surface area contributed by atoms with E-state index in [2.05, 4.69) is 17.9 Å². The molecule has 4 rings (SSSR count). The van der Waals surface area contributed by atoms with Crippen LogP contribution in [-0.2, 0) is 9.47 Å². The average molecular weight is 355 g/mol. The van der Waals surface area contributed by atoms with E-state index in [0.29, 0.717) is 18.4 Å². The first-order valence-electron chi connectivity index (χ1n) is 9.11. The number of nitrogens with zero attached hydrogens (tertiary/aromatic N) is 2. The SMILES string of the molecule is Cc1ccc(N)cc1-c1cc(OCC2COC2)nc(N2CCOCC2)c1. The summed E-state index contributed by atoms with van der Waals surface area (Å²) in [5.41, 5.74) is 10.1. The number of morpholine rings is 1. The standard InChI is InChI=1S/C20H25N3O3/c1-14-2-3-17(21)10-18(14)16-8-19(23-4-6-24-7-5-23)22-20(9-16)26-13-15-11-25-12-15/h2-3,8-10,15H,4-7,11-13,21H2,1H3. The van der Waals surface area contributed by atoms with Gasteiger partial charge in [0.2, 0.25) is 5.88 Å². The molecular weight excluding hydrogens is 330 g/mol.